The summed E-state index contributed by atoms with van der Waals surface area (Å²) in [5.74, 6) is -0.125. The molecule has 0 saturated heterocycles. The van der Waals surface area contributed by atoms with Crippen molar-refractivity contribution >= 4 is 44.6 Å². The lowest BCUT2D eigenvalue weighted by Crippen LogP contribution is -2.34. The predicted octanol–water partition coefficient (Wildman–Crippen LogP) is 4.92. The number of Topliss-reactive ketones (excluding diaryl/α,β-unsaturated/α-hetero) is 1. The molecule has 5 nitrogen and oxygen atoms in total. The van der Waals surface area contributed by atoms with E-state index in [1.807, 2.05) is 44.2 Å². The lowest BCUT2D eigenvalue weighted by atomic mass is 10.1. The number of aryl methyl sites for hydroxylation is 2. The molecule has 0 aliphatic heterocycles. The first-order valence-corrected chi connectivity index (χ1v) is 11.5. The molecular weight excluding hydrogens is 462 g/mol. The first kappa shape index (κ1) is 22.5. The van der Waals surface area contributed by atoms with Crippen molar-refractivity contribution in [3.63, 3.8) is 0 Å². The molecule has 0 aliphatic rings. The fourth-order valence-electron chi connectivity index (χ4n) is 3.49. The van der Waals surface area contributed by atoms with E-state index in [0.29, 0.717) is 0 Å². The van der Waals surface area contributed by atoms with E-state index >= 15 is 0 Å². The van der Waals surface area contributed by atoms with Crippen LogP contribution in [-0.2, 0) is 17.8 Å². The second-order valence-corrected chi connectivity index (χ2v) is 9.28. The number of halogens is 1. The van der Waals surface area contributed by atoms with Crippen LogP contribution in [0.3, 0.4) is 0 Å². The number of benzene rings is 1. The highest BCUT2D eigenvalue weighted by Gasteiger charge is 2.18. The number of para-hydroxylation sites is 1. The molecule has 30 heavy (non-hydrogen) atoms. The van der Waals surface area contributed by atoms with Crippen molar-refractivity contribution in [2.24, 2.45) is 0 Å². The van der Waals surface area contributed by atoms with E-state index in [1.54, 1.807) is 23.3 Å². The Balaban J connectivity index is 1.57. The smallest absolute Gasteiger partial charge is 0.238 e. The highest BCUT2D eigenvalue weighted by Crippen LogP contribution is 2.21. The van der Waals surface area contributed by atoms with Gasteiger partial charge in [-0.05, 0) is 72.9 Å². The third kappa shape index (κ3) is 5.68. The summed E-state index contributed by atoms with van der Waals surface area (Å²) in [6.07, 6.45) is 0.955. The standard InChI is InChI=1S/C23H26BrN3O2S/c1-16-13-19(17(2)27(16)11-10-18-7-6-12-30-18)22(28)14-26(3)15-23(29)25-21-9-5-4-8-20(21)24/h4-9,12-13H,10-11,14-15H2,1-3H3,(H,25,29). The van der Waals surface area contributed by atoms with E-state index < -0.39 is 0 Å². The van der Waals surface area contributed by atoms with E-state index in [-0.39, 0.29) is 24.8 Å². The molecule has 2 aromatic heterocycles. The Bertz CT molecular complexity index is 1030. The van der Waals surface area contributed by atoms with Crippen LogP contribution in [0.4, 0.5) is 5.69 Å². The second kappa shape index (κ2) is 10.2. The molecule has 1 aromatic carbocycles. The van der Waals surface area contributed by atoms with Gasteiger partial charge in [0.15, 0.2) is 5.78 Å². The van der Waals surface area contributed by atoms with Crippen LogP contribution in [-0.4, -0.2) is 41.3 Å². The number of nitrogens with one attached hydrogen (secondary N) is 1. The third-order valence-electron chi connectivity index (χ3n) is 5.01. The number of carbonyl (C=O) groups is 2. The normalized spacial score (nSPS) is 11.1. The van der Waals surface area contributed by atoms with Crippen LogP contribution in [0.2, 0.25) is 0 Å². The zero-order chi connectivity index (χ0) is 21.7. The minimum absolute atomic E-state index is 0.0293. The maximum atomic E-state index is 12.9. The number of rotatable bonds is 9. The number of amides is 1. The monoisotopic (exact) mass is 487 g/mol. The molecule has 0 aliphatic carbocycles. The SMILES string of the molecule is Cc1cc(C(=O)CN(C)CC(=O)Nc2ccccc2Br)c(C)n1CCc1cccs1. The van der Waals surface area contributed by atoms with Crippen molar-refractivity contribution in [1.82, 2.24) is 9.47 Å². The van der Waals surface area contributed by atoms with Crippen LogP contribution in [0, 0.1) is 13.8 Å². The summed E-state index contributed by atoms with van der Waals surface area (Å²) >= 11 is 5.17. The van der Waals surface area contributed by atoms with Crippen LogP contribution >= 0.6 is 27.3 Å². The Hall–Kier alpha value is -2.22. The number of ketones is 1. The number of hydrogen-bond acceptors (Lipinski definition) is 4. The largest absolute Gasteiger partial charge is 0.348 e. The van der Waals surface area contributed by atoms with E-state index in [9.17, 15) is 9.59 Å². The molecule has 0 atom stereocenters. The zero-order valence-electron chi connectivity index (χ0n) is 17.4. The number of hydrogen-bond donors (Lipinski definition) is 1. The summed E-state index contributed by atoms with van der Waals surface area (Å²) in [5, 5.41) is 4.95. The van der Waals surface area contributed by atoms with Crippen LogP contribution in [0.25, 0.3) is 0 Å². The lowest BCUT2D eigenvalue weighted by Gasteiger charge is -2.16. The highest BCUT2D eigenvalue weighted by molar-refractivity contribution is 9.10. The molecule has 3 rings (SSSR count). The fourth-order valence-corrected chi connectivity index (χ4v) is 4.57. The molecule has 0 radical (unpaired) electrons. The Morgan fingerprint density at radius 3 is 2.60 bits per heavy atom. The fraction of sp³-hybridized carbons (Fsp3) is 0.304. The number of nitrogens with zero attached hydrogens (tertiary/aromatic N) is 2. The average molecular weight is 488 g/mol. The van der Waals surface area contributed by atoms with Gasteiger partial charge in [-0.25, -0.2) is 0 Å². The first-order valence-electron chi connectivity index (χ1n) is 9.80. The Morgan fingerprint density at radius 1 is 1.13 bits per heavy atom. The van der Waals surface area contributed by atoms with Gasteiger partial charge in [0.2, 0.25) is 5.91 Å². The minimum Gasteiger partial charge on any atom is -0.348 e. The summed E-state index contributed by atoms with van der Waals surface area (Å²) in [5.41, 5.74) is 3.52. The van der Waals surface area contributed by atoms with E-state index in [1.165, 1.54) is 4.88 Å². The summed E-state index contributed by atoms with van der Waals surface area (Å²) < 4.78 is 3.03. The quantitative estimate of drug-likeness (QED) is 0.435. The van der Waals surface area contributed by atoms with Crippen molar-refractivity contribution < 1.29 is 9.59 Å². The Labute approximate surface area is 189 Å². The minimum atomic E-state index is -0.154. The molecule has 0 saturated carbocycles. The number of anilines is 1. The van der Waals surface area contributed by atoms with Gasteiger partial charge in [-0.2, -0.15) is 0 Å². The molecule has 0 unspecified atom stereocenters. The van der Waals surface area contributed by atoms with Crippen molar-refractivity contribution in [2.75, 3.05) is 25.5 Å². The van der Waals surface area contributed by atoms with Gasteiger partial charge in [-0.1, -0.05) is 18.2 Å². The molecule has 0 spiro atoms. The summed E-state index contributed by atoms with van der Waals surface area (Å²) in [4.78, 5) is 28.3. The van der Waals surface area contributed by atoms with Crippen molar-refractivity contribution in [3.05, 3.63) is 74.1 Å². The Kier molecular flexibility index (Phi) is 7.64. The maximum Gasteiger partial charge on any atom is 0.238 e. The Morgan fingerprint density at radius 2 is 1.90 bits per heavy atom. The molecule has 0 fully saturated rings. The van der Waals surface area contributed by atoms with Crippen LogP contribution < -0.4 is 5.32 Å². The molecule has 1 amide bonds. The molecule has 3 aromatic rings. The van der Waals surface area contributed by atoms with E-state index in [2.05, 4.69) is 43.3 Å². The molecular formula is C23H26BrN3O2S. The molecule has 158 valence electrons. The average Bonchev–Trinajstić information content (AvgIpc) is 3.30. The van der Waals surface area contributed by atoms with Crippen molar-refractivity contribution in [1.29, 1.82) is 0 Å². The number of likely N-dealkylation sites (N-methyl/N-ethyl adjacent to an activating group) is 1. The van der Waals surface area contributed by atoms with Crippen LogP contribution in [0.5, 0.6) is 0 Å². The topological polar surface area (TPSA) is 54.3 Å². The van der Waals surface area contributed by atoms with E-state index in [4.69, 9.17) is 0 Å². The molecule has 0 bridgehead atoms. The van der Waals surface area contributed by atoms with Crippen molar-refractivity contribution in [2.45, 2.75) is 26.8 Å². The van der Waals surface area contributed by atoms with Gasteiger partial charge in [0.25, 0.3) is 0 Å². The summed E-state index contributed by atoms with van der Waals surface area (Å²) in [6.45, 7) is 5.22. The second-order valence-electron chi connectivity index (χ2n) is 7.39. The maximum absolute atomic E-state index is 12.9. The first-order chi connectivity index (χ1) is 14.3. The summed E-state index contributed by atoms with van der Waals surface area (Å²) in [6, 6.07) is 13.6. The van der Waals surface area contributed by atoms with Crippen LogP contribution in [0.15, 0.2) is 52.3 Å². The van der Waals surface area contributed by atoms with Gasteiger partial charge >= 0.3 is 0 Å². The van der Waals surface area contributed by atoms with Gasteiger partial charge in [0.1, 0.15) is 0 Å². The number of thiophene rings is 1. The number of carbonyl (C=O) groups excluding carboxylic acids is 2. The van der Waals surface area contributed by atoms with Gasteiger partial charge in [-0.15, -0.1) is 11.3 Å². The van der Waals surface area contributed by atoms with Crippen molar-refractivity contribution in [3.8, 4) is 0 Å². The summed E-state index contributed by atoms with van der Waals surface area (Å²) in [7, 11) is 1.79. The molecule has 7 heteroatoms. The number of aromatic nitrogens is 1. The lowest BCUT2D eigenvalue weighted by molar-refractivity contribution is -0.116. The molecule has 1 N–H and O–H groups in total. The van der Waals surface area contributed by atoms with Gasteiger partial charge in [0.05, 0.1) is 18.8 Å². The zero-order valence-corrected chi connectivity index (χ0v) is 19.8. The van der Waals surface area contributed by atoms with Gasteiger partial charge in [-0.3, -0.25) is 14.5 Å². The van der Waals surface area contributed by atoms with E-state index in [0.717, 1.165) is 40.1 Å². The molecule has 2 heterocycles. The third-order valence-corrected chi connectivity index (χ3v) is 6.64. The van der Waals surface area contributed by atoms with Gasteiger partial charge < -0.3 is 9.88 Å². The highest BCUT2D eigenvalue weighted by atomic mass is 79.9. The predicted molar refractivity (Wildman–Crippen MR) is 127 cm³/mol. The van der Waals surface area contributed by atoms with Crippen LogP contribution in [0.1, 0.15) is 26.6 Å². The van der Waals surface area contributed by atoms with Gasteiger partial charge in [0, 0.05) is 32.8 Å².